The van der Waals surface area contributed by atoms with Crippen molar-refractivity contribution in [2.45, 2.75) is 31.7 Å². The smallest absolute Gasteiger partial charge is 0.226 e. The molecular formula is C23H22N6OS. The number of hydrogen-bond acceptors (Lipinski definition) is 6. The predicted octanol–water partition coefficient (Wildman–Crippen LogP) is 3.70. The Labute approximate surface area is 184 Å². The van der Waals surface area contributed by atoms with Gasteiger partial charge in [0.15, 0.2) is 0 Å². The molecule has 0 radical (unpaired) electrons. The van der Waals surface area contributed by atoms with Crippen LogP contribution in [0.2, 0.25) is 0 Å². The third-order valence-corrected chi connectivity index (χ3v) is 6.15. The molecule has 0 aliphatic heterocycles. The van der Waals surface area contributed by atoms with Crippen LogP contribution >= 0.6 is 11.3 Å². The van der Waals surface area contributed by atoms with Crippen LogP contribution in [0.3, 0.4) is 0 Å². The summed E-state index contributed by atoms with van der Waals surface area (Å²) in [5.74, 6) is 0.518. The summed E-state index contributed by atoms with van der Waals surface area (Å²) in [7, 11) is 0. The number of amides is 1. The normalized spacial score (nSPS) is 13.3. The van der Waals surface area contributed by atoms with Gasteiger partial charge in [0.1, 0.15) is 5.01 Å². The van der Waals surface area contributed by atoms with Gasteiger partial charge in [0.25, 0.3) is 0 Å². The highest BCUT2D eigenvalue weighted by Gasteiger charge is 2.29. The summed E-state index contributed by atoms with van der Waals surface area (Å²) in [4.78, 5) is 25.1. The Kier molecular flexibility index (Phi) is 5.54. The molecule has 0 unspecified atom stereocenters. The van der Waals surface area contributed by atoms with Gasteiger partial charge in [0, 0.05) is 60.0 Å². The minimum atomic E-state index is -0.0352. The number of rotatable bonds is 8. The molecule has 1 saturated carbocycles. The van der Waals surface area contributed by atoms with Gasteiger partial charge in [0.05, 0.1) is 24.4 Å². The second-order valence-electron chi connectivity index (χ2n) is 7.61. The molecule has 1 N–H and O–H groups in total. The molecule has 4 heterocycles. The van der Waals surface area contributed by atoms with Crippen LogP contribution in [0, 0.1) is 0 Å². The summed E-state index contributed by atoms with van der Waals surface area (Å²) in [6.45, 7) is 1.16. The molecule has 0 aromatic carbocycles. The van der Waals surface area contributed by atoms with Crippen LogP contribution in [0.1, 0.15) is 30.1 Å². The highest BCUT2D eigenvalue weighted by molar-refractivity contribution is 7.13. The summed E-state index contributed by atoms with van der Waals surface area (Å²) in [5.41, 5.74) is 5.20. The zero-order valence-corrected chi connectivity index (χ0v) is 17.8. The van der Waals surface area contributed by atoms with Crippen molar-refractivity contribution >= 4 is 17.2 Å². The van der Waals surface area contributed by atoms with Crippen molar-refractivity contribution in [2.24, 2.45) is 0 Å². The third kappa shape index (κ3) is 4.69. The molecule has 0 bridgehead atoms. The number of nitrogens with zero attached hydrogens (tertiary/aromatic N) is 5. The molecular weight excluding hydrogens is 408 g/mol. The Balaban J connectivity index is 1.17. The molecule has 31 heavy (non-hydrogen) atoms. The van der Waals surface area contributed by atoms with Crippen LogP contribution in [0.5, 0.6) is 0 Å². The maximum atomic E-state index is 12.4. The van der Waals surface area contributed by atoms with Crippen LogP contribution in [0.25, 0.3) is 21.7 Å². The van der Waals surface area contributed by atoms with Gasteiger partial charge in [-0.05, 0) is 42.7 Å². The van der Waals surface area contributed by atoms with Crippen LogP contribution < -0.4 is 5.32 Å². The van der Waals surface area contributed by atoms with E-state index in [2.05, 4.69) is 26.5 Å². The average Bonchev–Trinajstić information content (AvgIpc) is 3.40. The summed E-state index contributed by atoms with van der Waals surface area (Å²) in [6.07, 6.45) is 11.9. The van der Waals surface area contributed by atoms with Crippen LogP contribution in [-0.2, 0) is 17.8 Å². The van der Waals surface area contributed by atoms with E-state index in [0.29, 0.717) is 19.0 Å². The topological polar surface area (TPSA) is 85.6 Å². The molecule has 5 rings (SSSR count). The number of aromatic nitrogens is 5. The first-order valence-corrected chi connectivity index (χ1v) is 11.2. The Bertz CT molecular complexity index is 1170. The molecule has 1 aliphatic rings. The van der Waals surface area contributed by atoms with E-state index in [-0.39, 0.29) is 12.3 Å². The molecule has 7 nitrogen and oxygen atoms in total. The first-order valence-electron chi connectivity index (χ1n) is 10.4. The molecule has 0 saturated heterocycles. The van der Waals surface area contributed by atoms with E-state index in [1.165, 1.54) is 29.7 Å². The molecule has 1 amide bonds. The average molecular weight is 431 g/mol. The van der Waals surface area contributed by atoms with E-state index in [0.717, 1.165) is 27.5 Å². The lowest BCUT2D eigenvalue weighted by Gasteiger charge is -2.04. The number of carbonyl (C=O) groups excluding carboxylic acids is 1. The fourth-order valence-corrected chi connectivity index (χ4v) is 4.32. The number of carbonyl (C=O) groups is 1. The second kappa shape index (κ2) is 8.77. The van der Waals surface area contributed by atoms with Gasteiger partial charge < -0.3 is 5.32 Å². The monoisotopic (exact) mass is 430 g/mol. The lowest BCUT2D eigenvalue weighted by atomic mass is 10.1. The second-order valence-corrected chi connectivity index (χ2v) is 8.47. The van der Waals surface area contributed by atoms with Crippen LogP contribution in [0.15, 0.2) is 60.6 Å². The fraction of sp³-hybridized carbons (Fsp3) is 0.261. The summed E-state index contributed by atoms with van der Waals surface area (Å²) >= 11 is 1.53. The SMILES string of the molecule is O=C(Cc1csc(-c2cccnc2)n1)NCCn1cc(-c2ccncc2)c(C2CC2)n1. The van der Waals surface area contributed by atoms with Crippen LogP contribution in [0.4, 0.5) is 0 Å². The highest BCUT2D eigenvalue weighted by Crippen LogP contribution is 2.43. The van der Waals surface area contributed by atoms with Crippen molar-refractivity contribution in [2.75, 3.05) is 6.54 Å². The van der Waals surface area contributed by atoms with Crippen molar-refractivity contribution in [1.82, 2.24) is 30.0 Å². The Morgan fingerprint density at radius 1 is 1.13 bits per heavy atom. The quantitative estimate of drug-likeness (QED) is 0.461. The first kappa shape index (κ1) is 19.6. The van der Waals surface area contributed by atoms with E-state index in [4.69, 9.17) is 5.10 Å². The largest absolute Gasteiger partial charge is 0.354 e. The van der Waals surface area contributed by atoms with Gasteiger partial charge in [-0.25, -0.2) is 4.98 Å². The van der Waals surface area contributed by atoms with Crippen molar-refractivity contribution in [3.8, 4) is 21.7 Å². The molecule has 1 aliphatic carbocycles. The Morgan fingerprint density at radius 3 is 2.77 bits per heavy atom. The molecule has 0 atom stereocenters. The fourth-order valence-electron chi connectivity index (χ4n) is 3.51. The van der Waals surface area contributed by atoms with Gasteiger partial charge in [-0.2, -0.15) is 5.10 Å². The maximum Gasteiger partial charge on any atom is 0.226 e. The Hall–Kier alpha value is -3.39. The van der Waals surface area contributed by atoms with E-state index >= 15 is 0 Å². The van der Waals surface area contributed by atoms with Gasteiger partial charge in [-0.1, -0.05) is 0 Å². The van der Waals surface area contributed by atoms with Crippen molar-refractivity contribution in [1.29, 1.82) is 0 Å². The standard InChI is InChI=1S/C23H22N6OS/c30-21(12-19-15-31-23(27-19)18-2-1-7-25-13-18)26-10-11-29-14-20(16-5-8-24-9-6-16)22(28-29)17-3-4-17/h1-2,5-9,13-15,17H,3-4,10-12H2,(H,26,30). The minimum absolute atomic E-state index is 0.0352. The number of pyridine rings is 2. The summed E-state index contributed by atoms with van der Waals surface area (Å²) in [5, 5.41) is 10.6. The third-order valence-electron chi connectivity index (χ3n) is 5.21. The van der Waals surface area contributed by atoms with Crippen LogP contribution in [-0.4, -0.2) is 37.2 Å². The van der Waals surface area contributed by atoms with Gasteiger partial charge in [-0.15, -0.1) is 11.3 Å². The summed E-state index contributed by atoms with van der Waals surface area (Å²) < 4.78 is 1.94. The lowest BCUT2D eigenvalue weighted by Crippen LogP contribution is -2.28. The van der Waals surface area contributed by atoms with E-state index < -0.39 is 0 Å². The van der Waals surface area contributed by atoms with Crippen molar-refractivity contribution in [3.05, 3.63) is 72.0 Å². The molecule has 8 heteroatoms. The van der Waals surface area contributed by atoms with Crippen molar-refractivity contribution in [3.63, 3.8) is 0 Å². The lowest BCUT2D eigenvalue weighted by molar-refractivity contribution is -0.120. The van der Waals surface area contributed by atoms with E-state index in [1.807, 2.05) is 46.7 Å². The predicted molar refractivity (Wildman–Crippen MR) is 119 cm³/mol. The molecule has 156 valence electrons. The molecule has 4 aromatic rings. The van der Waals surface area contributed by atoms with Crippen molar-refractivity contribution < 1.29 is 4.79 Å². The Morgan fingerprint density at radius 2 is 2.00 bits per heavy atom. The first-order chi connectivity index (χ1) is 15.3. The number of nitrogens with one attached hydrogen (secondary N) is 1. The van der Waals surface area contributed by atoms with Gasteiger partial charge in [0.2, 0.25) is 5.91 Å². The zero-order valence-electron chi connectivity index (χ0n) is 16.9. The van der Waals surface area contributed by atoms with E-state index in [1.54, 1.807) is 12.4 Å². The minimum Gasteiger partial charge on any atom is -0.354 e. The zero-order chi connectivity index (χ0) is 21.0. The number of hydrogen-bond donors (Lipinski definition) is 1. The van der Waals surface area contributed by atoms with Gasteiger partial charge in [-0.3, -0.25) is 19.4 Å². The van der Waals surface area contributed by atoms with E-state index in [9.17, 15) is 4.79 Å². The van der Waals surface area contributed by atoms with Gasteiger partial charge >= 0.3 is 0 Å². The molecule has 4 aromatic heterocycles. The molecule has 0 spiro atoms. The highest BCUT2D eigenvalue weighted by atomic mass is 32.1. The maximum absolute atomic E-state index is 12.4. The number of thiazole rings is 1. The molecule has 1 fully saturated rings. The summed E-state index contributed by atoms with van der Waals surface area (Å²) in [6, 6.07) is 7.88.